The zero-order valence-electron chi connectivity index (χ0n) is 10.8. The molecule has 1 amide bonds. The first kappa shape index (κ1) is 11.7. The van der Waals surface area contributed by atoms with Gasteiger partial charge in [0.25, 0.3) is 5.91 Å². The highest BCUT2D eigenvalue weighted by molar-refractivity contribution is 5.96. The van der Waals surface area contributed by atoms with Crippen molar-refractivity contribution in [3.05, 3.63) is 35.4 Å². The van der Waals surface area contributed by atoms with Crippen LogP contribution < -0.4 is 0 Å². The van der Waals surface area contributed by atoms with Gasteiger partial charge in [-0.05, 0) is 44.0 Å². The highest BCUT2D eigenvalue weighted by Gasteiger charge is 2.24. The average molecular weight is 244 g/mol. The molecule has 1 aromatic carbocycles. The summed E-state index contributed by atoms with van der Waals surface area (Å²) in [6.07, 6.45) is 3.63. The zero-order chi connectivity index (χ0) is 12.4. The Morgan fingerprint density at radius 3 is 2.61 bits per heavy atom. The Morgan fingerprint density at radius 1 is 1.00 bits per heavy atom. The second kappa shape index (κ2) is 5.11. The first-order valence-corrected chi connectivity index (χ1v) is 6.94. The van der Waals surface area contributed by atoms with Crippen LogP contribution in [0.15, 0.2) is 24.3 Å². The normalized spacial score (nSPS) is 20.2. The Kier molecular flexibility index (Phi) is 3.33. The van der Waals surface area contributed by atoms with E-state index >= 15 is 0 Å². The predicted molar refractivity (Wildman–Crippen MR) is 71.7 cm³/mol. The third-order valence-corrected chi connectivity index (χ3v) is 4.07. The van der Waals surface area contributed by atoms with Gasteiger partial charge in [-0.2, -0.15) is 0 Å². The monoisotopic (exact) mass is 244 g/mol. The van der Waals surface area contributed by atoms with Crippen LogP contribution in [-0.4, -0.2) is 48.4 Å². The second-order valence-electron chi connectivity index (χ2n) is 5.25. The molecule has 1 saturated heterocycles. The number of rotatable bonds is 3. The molecule has 0 N–H and O–H groups in total. The third-order valence-electron chi connectivity index (χ3n) is 4.07. The molecule has 96 valence electrons. The summed E-state index contributed by atoms with van der Waals surface area (Å²) in [6, 6.07) is 8.01. The van der Waals surface area contributed by atoms with Gasteiger partial charge < -0.3 is 9.80 Å². The van der Waals surface area contributed by atoms with Gasteiger partial charge in [-0.3, -0.25) is 4.79 Å². The average Bonchev–Trinajstić information content (AvgIpc) is 2.91. The van der Waals surface area contributed by atoms with Crippen LogP contribution in [0.5, 0.6) is 0 Å². The summed E-state index contributed by atoms with van der Waals surface area (Å²) >= 11 is 0. The van der Waals surface area contributed by atoms with Crippen LogP contribution in [-0.2, 0) is 6.42 Å². The summed E-state index contributed by atoms with van der Waals surface area (Å²) in [6.45, 7) is 5.21. The molecule has 3 nitrogen and oxygen atoms in total. The molecule has 0 aromatic heterocycles. The summed E-state index contributed by atoms with van der Waals surface area (Å²) in [5.74, 6) is 0.219. The molecule has 2 heterocycles. The molecular weight excluding hydrogens is 224 g/mol. The van der Waals surface area contributed by atoms with Crippen LogP contribution in [0.3, 0.4) is 0 Å². The van der Waals surface area contributed by atoms with Crippen molar-refractivity contribution >= 4 is 5.91 Å². The fourth-order valence-corrected chi connectivity index (χ4v) is 2.96. The number of likely N-dealkylation sites (tertiary alicyclic amines) is 1. The first-order valence-electron chi connectivity index (χ1n) is 6.94. The number of amides is 1. The lowest BCUT2D eigenvalue weighted by molar-refractivity contribution is 0.0724. The van der Waals surface area contributed by atoms with Gasteiger partial charge in [0, 0.05) is 25.2 Å². The quantitative estimate of drug-likeness (QED) is 0.809. The van der Waals surface area contributed by atoms with Gasteiger partial charge >= 0.3 is 0 Å². The van der Waals surface area contributed by atoms with E-state index in [1.807, 2.05) is 23.1 Å². The summed E-state index contributed by atoms with van der Waals surface area (Å²) in [5, 5.41) is 0. The molecule has 2 aliphatic rings. The molecule has 0 unspecified atom stereocenters. The van der Waals surface area contributed by atoms with Gasteiger partial charge in [-0.15, -0.1) is 0 Å². The molecule has 0 bridgehead atoms. The van der Waals surface area contributed by atoms with E-state index < -0.39 is 0 Å². The topological polar surface area (TPSA) is 23.6 Å². The maximum Gasteiger partial charge on any atom is 0.254 e. The maximum atomic E-state index is 12.3. The Morgan fingerprint density at radius 2 is 1.78 bits per heavy atom. The van der Waals surface area contributed by atoms with Crippen LogP contribution in [0.2, 0.25) is 0 Å². The Balaban J connectivity index is 1.63. The van der Waals surface area contributed by atoms with E-state index in [9.17, 15) is 4.79 Å². The molecule has 2 aliphatic heterocycles. The fraction of sp³-hybridized carbons (Fsp3) is 0.533. The van der Waals surface area contributed by atoms with E-state index in [4.69, 9.17) is 0 Å². The molecule has 18 heavy (non-hydrogen) atoms. The van der Waals surface area contributed by atoms with Crippen LogP contribution in [0.25, 0.3) is 0 Å². The number of hydrogen-bond acceptors (Lipinski definition) is 2. The minimum Gasteiger partial charge on any atom is -0.337 e. The summed E-state index contributed by atoms with van der Waals surface area (Å²) in [4.78, 5) is 16.8. The van der Waals surface area contributed by atoms with E-state index in [0.717, 1.165) is 31.6 Å². The van der Waals surface area contributed by atoms with Crippen LogP contribution >= 0.6 is 0 Å². The first-order chi connectivity index (χ1) is 8.84. The van der Waals surface area contributed by atoms with E-state index in [-0.39, 0.29) is 5.91 Å². The lowest BCUT2D eigenvalue weighted by Gasteiger charge is -2.30. The van der Waals surface area contributed by atoms with Gasteiger partial charge in [0.1, 0.15) is 0 Å². The highest BCUT2D eigenvalue weighted by Crippen LogP contribution is 2.18. The molecule has 0 radical (unpaired) electrons. The van der Waals surface area contributed by atoms with Crippen molar-refractivity contribution in [2.45, 2.75) is 19.3 Å². The molecule has 1 fully saturated rings. The van der Waals surface area contributed by atoms with Crippen molar-refractivity contribution in [1.82, 2.24) is 9.80 Å². The summed E-state index contributed by atoms with van der Waals surface area (Å²) < 4.78 is 0. The highest BCUT2D eigenvalue weighted by atomic mass is 16.2. The summed E-state index contributed by atoms with van der Waals surface area (Å²) in [5.41, 5.74) is 2.12. The van der Waals surface area contributed by atoms with Gasteiger partial charge in [-0.1, -0.05) is 18.2 Å². The summed E-state index contributed by atoms with van der Waals surface area (Å²) in [7, 11) is 0. The van der Waals surface area contributed by atoms with Crippen LogP contribution in [0.1, 0.15) is 28.8 Å². The van der Waals surface area contributed by atoms with E-state index in [1.165, 1.54) is 31.5 Å². The number of carbonyl (C=O) groups is 1. The Bertz CT molecular complexity index is 438. The largest absolute Gasteiger partial charge is 0.337 e. The molecule has 0 aliphatic carbocycles. The van der Waals surface area contributed by atoms with Crippen molar-refractivity contribution in [1.29, 1.82) is 0 Å². The third kappa shape index (κ3) is 2.27. The molecule has 3 heteroatoms. The lowest BCUT2D eigenvalue weighted by Crippen LogP contribution is -2.42. The minimum atomic E-state index is 0.219. The van der Waals surface area contributed by atoms with Crippen LogP contribution in [0.4, 0.5) is 0 Å². The molecule has 0 atom stereocenters. The van der Waals surface area contributed by atoms with Gasteiger partial charge in [0.05, 0.1) is 0 Å². The Hall–Kier alpha value is -1.35. The molecule has 0 saturated carbocycles. The van der Waals surface area contributed by atoms with E-state index in [0.29, 0.717) is 0 Å². The standard InChI is InChI=1S/C15H20N2O/c18-15-14-6-2-1-5-13(14)7-10-17(15)12-11-16-8-3-4-9-16/h1-2,5-6H,3-4,7-12H2. The molecule has 3 rings (SSSR count). The number of carbonyl (C=O) groups excluding carboxylic acids is 1. The number of nitrogens with zero attached hydrogens (tertiary/aromatic N) is 2. The number of benzene rings is 1. The molecule has 0 spiro atoms. The second-order valence-corrected chi connectivity index (χ2v) is 5.25. The SMILES string of the molecule is O=C1c2ccccc2CCN1CCN1CCCC1. The number of fused-ring (bicyclic) bond motifs is 1. The van der Waals surface area contributed by atoms with Gasteiger partial charge in [-0.25, -0.2) is 0 Å². The minimum absolute atomic E-state index is 0.219. The lowest BCUT2D eigenvalue weighted by atomic mass is 9.99. The van der Waals surface area contributed by atoms with Crippen molar-refractivity contribution in [2.75, 3.05) is 32.7 Å². The molecule has 1 aromatic rings. The number of hydrogen-bond donors (Lipinski definition) is 0. The fourth-order valence-electron chi connectivity index (χ4n) is 2.96. The van der Waals surface area contributed by atoms with Gasteiger partial charge in [0.15, 0.2) is 0 Å². The maximum absolute atomic E-state index is 12.3. The van der Waals surface area contributed by atoms with Crippen LogP contribution in [0, 0.1) is 0 Å². The van der Waals surface area contributed by atoms with E-state index in [1.54, 1.807) is 0 Å². The van der Waals surface area contributed by atoms with Crippen molar-refractivity contribution in [3.8, 4) is 0 Å². The van der Waals surface area contributed by atoms with Crippen molar-refractivity contribution in [3.63, 3.8) is 0 Å². The molecular formula is C15H20N2O. The van der Waals surface area contributed by atoms with Crippen molar-refractivity contribution < 1.29 is 4.79 Å². The zero-order valence-corrected chi connectivity index (χ0v) is 10.8. The smallest absolute Gasteiger partial charge is 0.254 e. The predicted octanol–water partition coefficient (Wildman–Crippen LogP) is 1.78. The Labute approximate surface area is 108 Å². The van der Waals surface area contributed by atoms with E-state index in [2.05, 4.69) is 11.0 Å². The van der Waals surface area contributed by atoms with Crippen molar-refractivity contribution in [2.24, 2.45) is 0 Å². The van der Waals surface area contributed by atoms with Gasteiger partial charge in [0.2, 0.25) is 0 Å².